The third kappa shape index (κ3) is 2.16. The maximum absolute atomic E-state index is 12.7. The van der Waals surface area contributed by atoms with E-state index < -0.39 is 0 Å². The molecule has 5 rings (SSSR count). The summed E-state index contributed by atoms with van der Waals surface area (Å²) in [5.41, 5.74) is 1.70. The molecule has 5 saturated carbocycles. The Hall–Kier alpha value is -1.32. The first-order valence-corrected chi connectivity index (χ1v) is 11.6. The summed E-state index contributed by atoms with van der Waals surface area (Å²) in [5.74, 6) is 1.77. The van der Waals surface area contributed by atoms with Crippen molar-refractivity contribution >= 4 is 23.0 Å². The number of carbonyl (C=O) groups excluding carboxylic acids is 2. The molecule has 6 atom stereocenters. The van der Waals surface area contributed by atoms with Crippen LogP contribution in [0.3, 0.4) is 0 Å². The fourth-order valence-electron chi connectivity index (χ4n) is 8.24. The Morgan fingerprint density at radius 3 is 1.45 bits per heavy atom. The molecule has 0 saturated heterocycles. The van der Waals surface area contributed by atoms with Crippen LogP contribution in [0.4, 0.5) is 0 Å². The van der Waals surface area contributed by atoms with E-state index >= 15 is 0 Å². The average molecular weight is 397 g/mol. The van der Waals surface area contributed by atoms with Gasteiger partial charge in [0.05, 0.1) is 22.9 Å². The summed E-state index contributed by atoms with van der Waals surface area (Å²) in [7, 11) is 0. The maximum atomic E-state index is 12.7. The number of Topliss-reactive ketones (excluding diaryl/α,β-unsaturated/α-hetero) is 2. The van der Waals surface area contributed by atoms with Gasteiger partial charge in [0.1, 0.15) is 11.6 Å². The molecule has 0 aromatic carbocycles. The monoisotopic (exact) mass is 396 g/mol. The fourth-order valence-corrected chi connectivity index (χ4v) is 8.24. The zero-order valence-electron chi connectivity index (χ0n) is 19.0. The topological polar surface area (TPSA) is 58.9 Å². The summed E-state index contributed by atoms with van der Waals surface area (Å²) in [6.45, 7) is 12.6. The number of ketones is 2. The molecule has 0 aliphatic heterocycles. The average Bonchev–Trinajstić information content (AvgIpc) is 3.07. The molecule has 0 radical (unpaired) electrons. The van der Waals surface area contributed by atoms with Gasteiger partial charge in [0.15, 0.2) is 0 Å². The molecule has 4 unspecified atom stereocenters. The lowest BCUT2D eigenvalue weighted by molar-refractivity contribution is -0.127. The smallest absolute Gasteiger partial charge is 0.142 e. The highest BCUT2D eigenvalue weighted by atomic mass is 16.1. The normalized spacial score (nSPS) is 48.6. The lowest BCUT2D eigenvalue weighted by atomic mass is 9.66. The molecule has 4 heteroatoms. The van der Waals surface area contributed by atoms with Gasteiger partial charge in [0, 0.05) is 11.4 Å². The van der Waals surface area contributed by atoms with Gasteiger partial charge < -0.3 is 0 Å². The molecular weight excluding hydrogens is 360 g/mol. The number of hydrogen-bond donors (Lipinski definition) is 0. The minimum absolute atomic E-state index is 0.0290. The van der Waals surface area contributed by atoms with Crippen molar-refractivity contribution < 1.29 is 9.59 Å². The molecule has 0 aromatic heterocycles. The molecular formula is C25H36N2O2. The quantitative estimate of drug-likeness (QED) is 0.683. The third-order valence-electron chi connectivity index (χ3n) is 10.4. The highest BCUT2D eigenvalue weighted by Crippen LogP contribution is 2.66. The summed E-state index contributed by atoms with van der Waals surface area (Å²) in [5, 5.41) is 0. The van der Waals surface area contributed by atoms with Crippen molar-refractivity contribution in [2.45, 2.75) is 98.6 Å². The van der Waals surface area contributed by atoms with Gasteiger partial charge in [-0.25, -0.2) is 0 Å². The largest absolute Gasteiger partial charge is 0.299 e. The predicted molar refractivity (Wildman–Crippen MR) is 116 cm³/mol. The minimum atomic E-state index is -0.340. The first kappa shape index (κ1) is 19.6. The first-order valence-electron chi connectivity index (χ1n) is 11.6. The second kappa shape index (κ2) is 5.68. The summed E-state index contributed by atoms with van der Waals surface area (Å²) in [6.07, 6.45) is 7.18. The molecule has 158 valence electrons. The third-order valence-corrected chi connectivity index (χ3v) is 10.4. The van der Waals surface area contributed by atoms with Crippen molar-refractivity contribution in [2.75, 3.05) is 0 Å². The van der Waals surface area contributed by atoms with Gasteiger partial charge in [-0.05, 0) is 81.5 Å². The van der Waals surface area contributed by atoms with Crippen molar-refractivity contribution in [1.82, 2.24) is 0 Å². The summed E-state index contributed by atoms with van der Waals surface area (Å²) >= 11 is 0. The summed E-state index contributed by atoms with van der Waals surface area (Å²) in [4.78, 5) is 35.8. The van der Waals surface area contributed by atoms with Crippen molar-refractivity contribution in [3.8, 4) is 0 Å². The fraction of sp³-hybridized carbons (Fsp3) is 0.840. The van der Waals surface area contributed by atoms with Gasteiger partial charge in [-0.1, -0.05) is 27.7 Å². The van der Waals surface area contributed by atoms with E-state index in [1.54, 1.807) is 13.8 Å². The van der Waals surface area contributed by atoms with E-state index in [0.29, 0.717) is 23.4 Å². The van der Waals surface area contributed by atoms with E-state index in [0.717, 1.165) is 56.4 Å². The number of carbonyl (C=O) groups is 2. The number of nitrogens with zero attached hydrogens (tertiary/aromatic N) is 2. The molecule has 4 nitrogen and oxygen atoms in total. The van der Waals surface area contributed by atoms with E-state index in [-0.39, 0.29) is 33.7 Å². The highest BCUT2D eigenvalue weighted by molar-refractivity contribution is 6.13. The Balaban J connectivity index is 1.42. The Morgan fingerprint density at radius 1 is 0.759 bits per heavy atom. The van der Waals surface area contributed by atoms with Gasteiger partial charge in [0.25, 0.3) is 0 Å². The van der Waals surface area contributed by atoms with Crippen LogP contribution in [0, 0.1) is 33.5 Å². The second-order valence-corrected chi connectivity index (χ2v) is 11.8. The number of hydrogen-bond acceptors (Lipinski definition) is 4. The molecule has 0 N–H and O–H groups in total. The van der Waals surface area contributed by atoms with Gasteiger partial charge in [-0.15, -0.1) is 0 Å². The first-order chi connectivity index (χ1) is 13.5. The van der Waals surface area contributed by atoms with Crippen LogP contribution in [0.15, 0.2) is 9.98 Å². The number of rotatable bonds is 4. The van der Waals surface area contributed by atoms with Crippen LogP contribution >= 0.6 is 0 Å². The maximum Gasteiger partial charge on any atom is 0.142 e. The van der Waals surface area contributed by atoms with E-state index in [2.05, 4.69) is 27.7 Å². The van der Waals surface area contributed by atoms with Crippen LogP contribution in [0.25, 0.3) is 0 Å². The van der Waals surface area contributed by atoms with Gasteiger partial charge in [-0.2, -0.15) is 0 Å². The van der Waals surface area contributed by atoms with Crippen LogP contribution in [-0.4, -0.2) is 35.1 Å². The van der Waals surface area contributed by atoms with Crippen molar-refractivity contribution in [3.05, 3.63) is 0 Å². The zero-order valence-corrected chi connectivity index (χ0v) is 19.0. The van der Waals surface area contributed by atoms with Crippen molar-refractivity contribution in [1.29, 1.82) is 0 Å². The molecule has 5 aliphatic rings. The number of fused-ring (bicyclic) bond motifs is 4. The summed E-state index contributed by atoms with van der Waals surface area (Å²) in [6, 6.07) is 0.435. The Bertz CT molecular complexity index is 796. The predicted octanol–water partition coefficient (Wildman–Crippen LogP) is 4.84. The SMILES string of the molecule is CC(=O)C12CCC(CC1=N[C@@H]1C[C@H]1N=C1CC3CCC1(C(C)=O)C3(C)C)C2(C)C. The second-order valence-electron chi connectivity index (χ2n) is 11.8. The van der Waals surface area contributed by atoms with E-state index in [1.165, 1.54) is 0 Å². The van der Waals surface area contributed by atoms with Gasteiger partial charge in [0.2, 0.25) is 0 Å². The molecule has 4 bridgehead atoms. The standard InChI is InChI=1S/C25H36N2O2/c1-14(28)24-9-7-16(22(24,3)4)11-20(24)26-18-13-19(18)27-21-12-17-8-10-25(21,15(2)29)23(17,5)6/h16-19H,7-13H2,1-6H3/t16?,17?,18-,19-,24?,25?/m1/s1. The molecule has 0 aromatic rings. The molecule has 0 amide bonds. The van der Waals surface area contributed by atoms with Crippen LogP contribution in [0.5, 0.6) is 0 Å². The Morgan fingerprint density at radius 2 is 1.14 bits per heavy atom. The molecule has 0 heterocycles. The van der Waals surface area contributed by atoms with Crippen molar-refractivity contribution in [3.63, 3.8) is 0 Å². The van der Waals surface area contributed by atoms with Crippen molar-refractivity contribution in [2.24, 2.45) is 43.5 Å². The lowest BCUT2D eigenvalue weighted by Crippen LogP contribution is -2.42. The van der Waals surface area contributed by atoms with Gasteiger partial charge in [-0.3, -0.25) is 19.6 Å². The van der Waals surface area contributed by atoms with E-state index in [4.69, 9.17) is 9.98 Å². The van der Waals surface area contributed by atoms with E-state index in [1.807, 2.05) is 0 Å². The van der Waals surface area contributed by atoms with Crippen LogP contribution < -0.4 is 0 Å². The van der Waals surface area contributed by atoms with Crippen LogP contribution in [-0.2, 0) is 9.59 Å². The Kier molecular flexibility index (Phi) is 3.84. The van der Waals surface area contributed by atoms with Crippen LogP contribution in [0.2, 0.25) is 0 Å². The van der Waals surface area contributed by atoms with Crippen LogP contribution in [0.1, 0.15) is 86.5 Å². The Labute approximate surface area is 175 Å². The van der Waals surface area contributed by atoms with Gasteiger partial charge >= 0.3 is 0 Å². The molecule has 0 spiro atoms. The minimum Gasteiger partial charge on any atom is -0.299 e. The lowest BCUT2D eigenvalue weighted by Gasteiger charge is -2.36. The number of aliphatic imine (C=N–C) groups is 2. The zero-order chi connectivity index (χ0) is 21.0. The highest BCUT2D eigenvalue weighted by Gasteiger charge is 2.67. The summed E-state index contributed by atoms with van der Waals surface area (Å²) < 4.78 is 0. The van der Waals surface area contributed by atoms with E-state index in [9.17, 15) is 9.59 Å². The molecule has 29 heavy (non-hydrogen) atoms. The molecule has 5 aliphatic carbocycles. The molecule has 5 fully saturated rings.